The van der Waals surface area contributed by atoms with Gasteiger partial charge in [-0.3, -0.25) is 24.4 Å². The Hall–Kier alpha value is -1.16. The molecule has 1 saturated carbocycles. The standard InChI is InChI=1S/C25H41N5O2.HI/c1-4-26-25(28-16-20(14-17(2)3)29-11-5-6-12-29)27-10-7-13-30-23(31)21-18-8-9-19(15-18)22(21)24(30)32;/h8-9,17-22H,4-7,10-16H2,1-3H3,(H2,26,27,28);1H. The maximum Gasteiger partial charge on any atom is 0.233 e. The third-order valence-electron chi connectivity index (χ3n) is 7.62. The molecule has 4 aliphatic rings. The van der Waals surface area contributed by atoms with Gasteiger partial charge in [0, 0.05) is 25.7 Å². The average Bonchev–Trinajstić information content (AvgIpc) is 3.55. The number of hydrogen-bond donors (Lipinski definition) is 2. The Balaban J connectivity index is 0.00000306. The number of aliphatic imine (C=N–C) groups is 1. The molecule has 2 aliphatic carbocycles. The lowest BCUT2D eigenvalue weighted by atomic mass is 9.85. The SMILES string of the molecule is CCNC(=NCC(CC(C)C)N1CCCC1)NCCCN1C(=O)C2C3C=CC(C3)C2C1=O.I. The van der Waals surface area contributed by atoms with E-state index in [0.717, 1.165) is 31.9 Å². The summed E-state index contributed by atoms with van der Waals surface area (Å²) in [5.41, 5.74) is 0. The van der Waals surface area contributed by atoms with Crippen molar-refractivity contribution in [2.75, 3.05) is 39.3 Å². The van der Waals surface area contributed by atoms with E-state index in [1.54, 1.807) is 0 Å². The first-order chi connectivity index (χ1) is 15.5. The summed E-state index contributed by atoms with van der Waals surface area (Å²) in [5, 5.41) is 6.76. The Bertz CT molecular complexity index is 719. The summed E-state index contributed by atoms with van der Waals surface area (Å²) in [6, 6.07) is 0.496. The fourth-order valence-electron chi connectivity index (χ4n) is 6.16. The molecular formula is C25H42IN5O2. The van der Waals surface area contributed by atoms with Gasteiger partial charge in [-0.1, -0.05) is 26.0 Å². The molecule has 2 saturated heterocycles. The summed E-state index contributed by atoms with van der Waals surface area (Å²) in [6.07, 6.45) is 9.78. The number of nitrogens with one attached hydrogen (secondary N) is 2. The van der Waals surface area contributed by atoms with E-state index in [-0.39, 0.29) is 59.5 Å². The lowest BCUT2D eigenvalue weighted by Crippen LogP contribution is -2.42. The van der Waals surface area contributed by atoms with E-state index in [2.05, 4.69) is 48.5 Å². The Morgan fingerprint density at radius 2 is 1.73 bits per heavy atom. The highest BCUT2D eigenvalue weighted by Crippen LogP contribution is 2.52. The van der Waals surface area contributed by atoms with Gasteiger partial charge in [-0.25, -0.2) is 0 Å². The summed E-state index contributed by atoms with van der Waals surface area (Å²) in [7, 11) is 0. The van der Waals surface area contributed by atoms with Gasteiger partial charge in [-0.05, 0) is 69.9 Å². The molecule has 0 aromatic heterocycles. The summed E-state index contributed by atoms with van der Waals surface area (Å²) in [5.74, 6) is 1.99. The van der Waals surface area contributed by atoms with E-state index in [4.69, 9.17) is 4.99 Å². The highest BCUT2D eigenvalue weighted by molar-refractivity contribution is 14.0. The van der Waals surface area contributed by atoms with E-state index in [1.165, 1.54) is 37.3 Å². The van der Waals surface area contributed by atoms with E-state index in [9.17, 15) is 9.59 Å². The summed E-state index contributed by atoms with van der Waals surface area (Å²) in [6.45, 7) is 11.8. The van der Waals surface area contributed by atoms with Crippen molar-refractivity contribution in [2.24, 2.45) is 34.6 Å². The van der Waals surface area contributed by atoms with Crippen molar-refractivity contribution >= 4 is 41.8 Å². The molecule has 0 aromatic carbocycles. The van der Waals surface area contributed by atoms with Crippen LogP contribution in [0.3, 0.4) is 0 Å². The van der Waals surface area contributed by atoms with Gasteiger partial charge in [0.15, 0.2) is 5.96 Å². The minimum atomic E-state index is -0.0900. The van der Waals surface area contributed by atoms with Gasteiger partial charge in [0.05, 0.1) is 18.4 Å². The molecule has 186 valence electrons. The van der Waals surface area contributed by atoms with Gasteiger partial charge < -0.3 is 10.6 Å². The van der Waals surface area contributed by atoms with Crippen LogP contribution in [0.15, 0.2) is 17.1 Å². The molecule has 4 rings (SSSR count). The van der Waals surface area contributed by atoms with Crippen LogP contribution < -0.4 is 10.6 Å². The molecule has 0 spiro atoms. The summed E-state index contributed by atoms with van der Waals surface area (Å²) in [4.78, 5) is 34.6. The third-order valence-corrected chi connectivity index (χ3v) is 7.62. The zero-order valence-electron chi connectivity index (χ0n) is 20.5. The number of likely N-dealkylation sites (tertiary alicyclic amines) is 2. The smallest absolute Gasteiger partial charge is 0.233 e. The van der Waals surface area contributed by atoms with Crippen LogP contribution in [0.4, 0.5) is 0 Å². The Morgan fingerprint density at radius 3 is 2.30 bits per heavy atom. The molecule has 8 heteroatoms. The third kappa shape index (κ3) is 5.92. The van der Waals surface area contributed by atoms with Crippen LogP contribution in [0.2, 0.25) is 0 Å². The van der Waals surface area contributed by atoms with E-state index >= 15 is 0 Å². The predicted octanol–water partition coefficient (Wildman–Crippen LogP) is 2.87. The van der Waals surface area contributed by atoms with Crippen molar-refractivity contribution in [2.45, 2.75) is 58.9 Å². The first kappa shape index (κ1) is 26.4. The number of carbonyl (C=O) groups excluding carboxylic acids is 2. The Morgan fingerprint density at radius 1 is 1.09 bits per heavy atom. The molecule has 2 bridgehead atoms. The molecule has 2 amide bonds. The summed E-state index contributed by atoms with van der Waals surface area (Å²) >= 11 is 0. The maximum atomic E-state index is 12.8. The van der Waals surface area contributed by atoms with Gasteiger partial charge in [0.2, 0.25) is 11.8 Å². The minimum absolute atomic E-state index is 0. The molecule has 2 N–H and O–H groups in total. The van der Waals surface area contributed by atoms with Crippen molar-refractivity contribution in [1.29, 1.82) is 0 Å². The van der Waals surface area contributed by atoms with Crippen LogP contribution in [0.5, 0.6) is 0 Å². The second-order valence-corrected chi connectivity index (χ2v) is 10.4. The molecule has 2 heterocycles. The molecule has 0 radical (unpaired) electrons. The predicted molar refractivity (Wildman–Crippen MR) is 143 cm³/mol. The molecule has 0 aromatic rings. The fraction of sp³-hybridized carbons (Fsp3) is 0.800. The molecular weight excluding hydrogens is 529 g/mol. The molecule has 33 heavy (non-hydrogen) atoms. The van der Waals surface area contributed by atoms with Crippen LogP contribution in [-0.4, -0.2) is 72.9 Å². The maximum absolute atomic E-state index is 12.8. The van der Waals surface area contributed by atoms with Gasteiger partial charge in [-0.15, -0.1) is 24.0 Å². The molecule has 5 unspecified atom stereocenters. The first-order valence-corrected chi connectivity index (χ1v) is 12.8. The van der Waals surface area contributed by atoms with Crippen molar-refractivity contribution in [3.8, 4) is 0 Å². The highest BCUT2D eigenvalue weighted by Gasteiger charge is 2.58. The zero-order valence-corrected chi connectivity index (χ0v) is 22.8. The number of hydrogen-bond acceptors (Lipinski definition) is 4. The second kappa shape index (κ2) is 12.0. The zero-order chi connectivity index (χ0) is 22.7. The molecule has 7 nitrogen and oxygen atoms in total. The van der Waals surface area contributed by atoms with Crippen molar-refractivity contribution in [3.05, 3.63) is 12.2 Å². The molecule has 5 atom stereocenters. The van der Waals surface area contributed by atoms with Gasteiger partial charge >= 0.3 is 0 Å². The van der Waals surface area contributed by atoms with E-state index < -0.39 is 0 Å². The van der Waals surface area contributed by atoms with E-state index in [0.29, 0.717) is 25.0 Å². The Kier molecular flexibility index (Phi) is 9.62. The molecule has 3 fully saturated rings. The van der Waals surface area contributed by atoms with Crippen LogP contribution in [-0.2, 0) is 9.59 Å². The number of nitrogens with zero attached hydrogens (tertiary/aromatic N) is 3. The largest absolute Gasteiger partial charge is 0.357 e. The first-order valence-electron chi connectivity index (χ1n) is 12.8. The van der Waals surface area contributed by atoms with Crippen molar-refractivity contribution in [3.63, 3.8) is 0 Å². The fourth-order valence-corrected chi connectivity index (χ4v) is 6.16. The number of fused-ring (bicyclic) bond motifs is 5. The number of guanidine groups is 1. The lowest BCUT2D eigenvalue weighted by molar-refractivity contribution is -0.140. The average molecular weight is 572 g/mol. The molecule has 2 aliphatic heterocycles. The monoisotopic (exact) mass is 571 g/mol. The van der Waals surface area contributed by atoms with Crippen molar-refractivity contribution < 1.29 is 9.59 Å². The number of amides is 2. The number of imide groups is 1. The quantitative estimate of drug-likeness (QED) is 0.105. The van der Waals surface area contributed by atoms with Crippen LogP contribution in [0.25, 0.3) is 0 Å². The number of rotatable bonds is 10. The number of allylic oxidation sites excluding steroid dienone is 2. The minimum Gasteiger partial charge on any atom is -0.357 e. The van der Waals surface area contributed by atoms with Gasteiger partial charge in [-0.2, -0.15) is 0 Å². The normalized spacial score (nSPS) is 29.7. The van der Waals surface area contributed by atoms with Gasteiger partial charge in [0.25, 0.3) is 0 Å². The number of halogens is 1. The lowest BCUT2D eigenvalue weighted by Gasteiger charge is -2.28. The second-order valence-electron chi connectivity index (χ2n) is 10.4. The van der Waals surface area contributed by atoms with Gasteiger partial charge in [0.1, 0.15) is 0 Å². The van der Waals surface area contributed by atoms with Crippen LogP contribution in [0.1, 0.15) is 52.9 Å². The summed E-state index contributed by atoms with van der Waals surface area (Å²) < 4.78 is 0. The number of carbonyl (C=O) groups is 2. The Labute approximate surface area is 216 Å². The highest BCUT2D eigenvalue weighted by atomic mass is 127. The van der Waals surface area contributed by atoms with Crippen molar-refractivity contribution in [1.82, 2.24) is 20.4 Å². The van der Waals surface area contributed by atoms with Crippen LogP contribution >= 0.6 is 24.0 Å². The van der Waals surface area contributed by atoms with E-state index in [1.807, 2.05) is 0 Å². The van der Waals surface area contributed by atoms with Crippen LogP contribution in [0, 0.1) is 29.6 Å². The topological polar surface area (TPSA) is 77.0 Å².